The zero-order valence-electron chi connectivity index (χ0n) is 8.53. The number of hydrogen-bond donors (Lipinski definition) is 1. The second-order valence-corrected chi connectivity index (χ2v) is 4.17. The molecular weight excluding hydrogens is 192 g/mol. The van der Waals surface area contributed by atoms with E-state index in [4.69, 9.17) is 5.11 Å². The average Bonchev–Trinajstić information content (AvgIpc) is 2.22. The summed E-state index contributed by atoms with van der Waals surface area (Å²) in [6, 6.07) is 0. The maximum absolute atomic E-state index is 11.9. The Morgan fingerprint density at radius 3 is 2.93 bits per heavy atom. The molecule has 0 aromatic rings. The lowest BCUT2D eigenvalue weighted by Crippen LogP contribution is -2.25. The van der Waals surface area contributed by atoms with Crippen LogP contribution in [0.5, 0.6) is 0 Å². The molecule has 1 N–H and O–H groups in total. The van der Waals surface area contributed by atoms with Gasteiger partial charge in [-0.3, -0.25) is 9.59 Å². The number of rotatable bonds is 2. The van der Waals surface area contributed by atoms with Gasteiger partial charge in [-0.25, -0.2) is 0 Å². The van der Waals surface area contributed by atoms with Crippen LogP contribution in [0, 0.1) is 5.92 Å². The van der Waals surface area contributed by atoms with Crippen LogP contribution in [0.1, 0.15) is 32.1 Å². The Morgan fingerprint density at radius 2 is 2.20 bits per heavy atom. The van der Waals surface area contributed by atoms with Gasteiger partial charge in [0.05, 0.1) is 6.42 Å². The second-order valence-electron chi connectivity index (χ2n) is 4.17. The Bertz CT molecular complexity index is 363. The van der Waals surface area contributed by atoms with Crippen molar-refractivity contribution in [2.75, 3.05) is 0 Å². The highest BCUT2D eigenvalue weighted by Crippen LogP contribution is 2.35. The molecule has 0 aromatic heterocycles. The average molecular weight is 206 g/mol. The number of carboxylic acid groups (broad SMARTS) is 1. The molecule has 80 valence electrons. The first-order chi connectivity index (χ1) is 7.18. The first kappa shape index (κ1) is 10.1. The van der Waals surface area contributed by atoms with Gasteiger partial charge in [0.1, 0.15) is 0 Å². The lowest BCUT2D eigenvalue weighted by atomic mass is 9.76. The second kappa shape index (κ2) is 4.01. The number of Topliss-reactive ketones (excluding diaryl/α,β-unsaturated/α-hetero) is 1. The summed E-state index contributed by atoms with van der Waals surface area (Å²) in [6.45, 7) is 0. The Labute approximate surface area is 88.5 Å². The molecule has 1 fully saturated rings. The highest BCUT2D eigenvalue weighted by molar-refractivity contribution is 6.03. The standard InChI is InChI=1S/C12H14O3/c13-11(14)7-9-6-5-8-3-1-2-4-10(8)12(9)15/h5-6,10H,1-4,7H2,(H,13,14). The maximum Gasteiger partial charge on any atom is 0.307 e. The van der Waals surface area contributed by atoms with Gasteiger partial charge in [-0.15, -0.1) is 0 Å². The minimum atomic E-state index is -0.928. The quantitative estimate of drug-likeness (QED) is 0.752. The normalized spacial score (nSPS) is 25.3. The fourth-order valence-electron chi connectivity index (χ4n) is 2.36. The maximum atomic E-state index is 11.9. The summed E-state index contributed by atoms with van der Waals surface area (Å²) in [5, 5.41) is 8.67. The molecule has 0 bridgehead atoms. The minimum absolute atomic E-state index is 0.0156. The number of ketones is 1. The first-order valence-corrected chi connectivity index (χ1v) is 5.34. The van der Waals surface area contributed by atoms with Crippen molar-refractivity contribution in [3.63, 3.8) is 0 Å². The predicted molar refractivity (Wildman–Crippen MR) is 55.4 cm³/mol. The topological polar surface area (TPSA) is 54.4 Å². The number of carbonyl (C=O) groups excluding carboxylic acids is 1. The third-order valence-electron chi connectivity index (χ3n) is 3.13. The summed E-state index contributed by atoms with van der Waals surface area (Å²) in [6.07, 6.45) is 7.61. The molecule has 1 saturated carbocycles. The SMILES string of the molecule is O=C(O)CC1=CC=C2CCCCC2C1=O. The van der Waals surface area contributed by atoms with E-state index in [9.17, 15) is 9.59 Å². The van der Waals surface area contributed by atoms with Crippen molar-refractivity contribution in [1.82, 2.24) is 0 Å². The van der Waals surface area contributed by atoms with Crippen LogP contribution in [0.25, 0.3) is 0 Å². The molecule has 0 amide bonds. The molecule has 2 aliphatic rings. The molecule has 0 aliphatic heterocycles. The van der Waals surface area contributed by atoms with Crippen molar-refractivity contribution in [1.29, 1.82) is 0 Å². The van der Waals surface area contributed by atoms with Crippen LogP contribution in [0.2, 0.25) is 0 Å². The molecule has 0 radical (unpaired) electrons. The van der Waals surface area contributed by atoms with E-state index in [0.29, 0.717) is 5.57 Å². The summed E-state index contributed by atoms with van der Waals surface area (Å²) in [7, 11) is 0. The van der Waals surface area contributed by atoms with Gasteiger partial charge in [-0.2, -0.15) is 0 Å². The number of allylic oxidation sites excluding steroid dienone is 3. The third-order valence-corrected chi connectivity index (χ3v) is 3.13. The first-order valence-electron chi connectivity index (χ1n) is 5.34. The van der Waals surface area contributed by atoms with E-state index in [-0.39, 0.29) is 18.1 Å². The fraction of sp³-hybridized carbons (Fsp3) is 0.500. The van der Waals surface area contributed by atoms with E-state index in [1.165, 1.54) is 5.57 Å². The third kappa shape index (κ3) is 2.01. The lowest BCUT2D eigenvalue weighted by molar-refractivity contribution is -0.137. The molecule has 15 heavy (non-hydrogen) atoms. The Kier molecular flexibility index (Phi) is 2.71. The smallest absolute Gasteiger partial charge is 0.307 e. The van der Waals surface area contributed by atoms with Gasteiger partial charge in [0, 0.05) is 11.5 Å². The molecule has 1 unspecified atom stereocenters. The highest BCUT2D eigenvalue weighted by atomic mass is 16.4. The summed E-state index contributed by atoms with van der Waals surface area (Å²) < 4.78 is 0. The van der Waals surface area contributed by atoms with E-state index >= 15 is 0 Å². The van der Waals surface area contributed by atoms with Gasteiger partial charge in [0.15, 0.2) is 5.78 Å². The number of carboxylic acids is 1. The monoisotopic (exact) mass is 206 g/mol. The van der Waals surface area contributed by atoms with E-state index in [1.807, 2.05) is 6.08 Å². The van der Waals surface area contributed by atoms with Crippen LogP contribution < -0.4 is 0 Å². The van der Waals surface area contributed by atoms with Crippen molar-refractivity contribution in [2.24, 2.45) is 5.92 Å². The van der Waals surface area contributed by atoms with Crippen molar-refractivity contribution in [3.8, 4) is 0 Å². The lowest BCUT2D eigenvalue weighted by Gasteiger charge is -2.27. The van der Waals surface area contributed by atoms with Crippen LogP contribution in [0.15, 0.2) is 23.3 Å². The van der Waals surface area contributed by atoms with Gasteiger partial charge in [-0.1, -0.05) is 24.1 Å². The molecule has 2 rings (SSSR count). The van der Waals surface area contributed by atoms with Crippen LogP contribution in [0.3, 0.4) is 0 Å². The molecule has 0 spiro atoms. The molecule has 0 saturated heterocycles. The molecule has 2 aliphatic carbocycles. The molecule has 0 heterocycles. The van der Waals surface area contributed by atoms with Crippen LogP contribution >= 0.6 is 0 Å². The highest BCUT2D eigenvalue weighted by Gasteiger charge is 2.30. The molecule has 3 heteroatoms. The molecule has 0 aromatic carbocycles. The van der Waals surface area contributed by atoms with Gasteiger partial charge in [-0.05, 0) is 19.3 Å². The molecular formula is C12H14O3. The number of fused-ring (bicyclic) bond motifs is 1. The van der Waals surface area contributed by atoms with E-state index in [0.717, 1.165) is 25.7 Å². The zero-order chi connectivity index (χ0) is 10.8. The number of carbonyl (C=O) groups is 2. The van der Waals surface area contributed by atoms with E-state index < -0.39 is 5.97 Å². The van der Waals surface area contributed by atoms with Crippen molar-refractivity contribution in [3.05, 3.63) is 23.3 Å². The molecule has 1 atom stereocenters. The van der Waals surface area contributed by atoms with Gasteiger partial charge >= 0.3 is 5.97 Å². The Morgan fingerprint density at radius 1 is 1.40 bits per heavy atom. The summed E-state index contributed by atoms with van der Waals surface area (Å²) in [4.78, 5) is 22.5. The number of aliphatic carboxylic acids is 1. The fourth-order valence-corrected chi connectivity index (χ4v) is 2.36. The molecule has 3 nitrogen and oxygen atoms in total. The largest absolute Gasteiger partial charge is 0.481 e. The van der Waals surface area contributed by atoms with Crippen molar-refractivity contribution in [2.45, 2.75) is 32.1 Å². The predicted octanol–water partition coefficient (Wildman–Crippen LogP) is 2.09. The van der Waals surface area contributed by atoms with Gasteiger partial charge < -0.3 is 5.11 Å². The van der Waals surface area contributed by atoms with Crippen LogP contribution in [-0.4, -0.2) is 16.9 Å². The van der Waals surface area contributed by atoms with Crippen LogP contribution in [0.4, 0.5) is 0 Å². The van der Waals surface area contributed by atoms with Crippen molar-refractivity contribution >= 4 is 11.8 Å². The summed E-state index contributed by atoms with van der Waals surface area (Å²) >= 11 is 0. The van der Waals surface area contributed by atoms with E-state index in [1.54, 1.807) is 6.08 Å². The Hall–Kier alpha value is -1.38. The van der Waals surface area contributed by atoms with Crippen LogP contribution in [-0.2, 0) is 9.59 Å². The zero-order valence-corrected chi connectivity index (χ0v) is 8.53. The summed E-state index contributed by atoms with van der Waals surface area (Å²) in [5.74, 6) is -0.907. The van der Waals surface area contributed by atoms with Gasteiger partial charge in [0.25, 0.3) is 0 Å². The Balaban J connectivity index is 2.20. The summed E-state index contributed by atoms with van der Waals surface area (Å²) in [5.41, 5.74) is 1.65. The van der Waals surface area contributed by atoms with Crippen molar-refractivity contribution < 1.29 is 14.7 Å². The van der Waals surface area contributed by atoms with E-state index in [2.05, 4.69) is 0 Å². The van der Waals surface area contributed by atoms with Gasteiger partial charge in [0.2, 0.25) is 0 Å². The number of hydrogen-bond acceptors (Lipinski definition) is 2. The minimum Gasteiger partial charge on any atom is -0.481 e.